The van der Waals surface area contributed by atoms with Crippen LogP contribution in [0.3, 0.4) is 0 Å². The molecule has 0 bridgehead atoms. The van der Waals surface area contributed by atoms with Crippen molar-refractivity contribution in [3.05, 3.63) is 82.9 Å². The van der Waals surface area contributed by atoms with Gasteiger partial charge >= 0.3 is 23.9 Å². The Kier molecular flexibility index (Phi) is 19.0. The summed E-state index contributed by atoms with van der Waals surface area (Å²) in [5.74, 6) is -3.80. The van der Waals surface area contributed by atoms with Crippen molar-refractivity contribution < 1.29 is 49.4 Å². The fourth-order valence-electron chi connectivity index (χ4n) is 4.10. The molecule has 12 nitrogen and oxygen atoms in total. The lowest BCUT2D eigenvalue weighted by atomic mass is 10.1. The van der Waals surface area contributed by atoms with Crippen molar-refractivity contribution in [1.29, 1.82) is 0 Å². The first-order chi connectivity index (χ1) is 21.4. The minimum Gasteiger partial charge on any atom is -0.508 e. The summed E-state index contributed by atoms with van der Waals surface area (Å²) in [4.78, 5) is 43.3. The van der Waals surface area contributed by atoms with E-state index in [0.717, 1.165) is 87.9 Å². The maximum atomic E-state index is 9.66. The molecule has 13 heteroatoms. The lowest BCUT2D eigenvalue weighted by Gasteiger charge is -2.34. The first-order valence-corrected chi connectivity index (χ1v) is 14.7. The number of aryl methyl sites for hydroxylation is 1. The van der Waals surface area contributed by atoms with Gasteiger partial charge in [-0.2, -0.15) is 0 Å². The minimum atomic E-state index is -1.26. The number of phenols is 1. The van der Waals surface area contributed by atoms with E-state index in [1.54, 1.807) is 6.07 Å². The van der Waals surface area contributed by atoms with Crippen LogP contribution in [0, 0.1) is 0 Å². The molecule has 0 spiro atoms. The van der Waals surface area contributed by atoms with Crippen molar-refractivity contribution in [3.63, 3.8) is 0 Å². The normalized spacial score (nSPS) is 13.4. The Labute approximate surface area is 267 Å². The Bertz CT molecular complexity index is 1210. The molecule has 5 N–H and O–H groups in total. The first-order valence-electron chi connectivity index (χ1n) is 14.3. The number of piperazine rings is 1. The molecule has 0 aromatic heterocycles. The highest BCUT2D eigenvalue weighted by Gasteiger charge is 2.16. The molecular weight excluding hydrogens is 608 g/mol. The largest absolute Gasteiger partial charge is 0.508 e. The van der Waals surface area contributed by atoms with Crippen molar-refractivity contribution in [2.24, 2.45) is 0 Å². The van der Waals surface area contributed by atoms with Crippen molar-refractivity contribution in [3.8, 4) is 11.5 Å². The van der Waals surface area contributed by atoms with Crippen molar-refractivity contribution >= 4 is 35.5 Å². The van der Waals surface area contributed by atoms with Crippen LogP contribution in [-0.2, 0) is 32.1 Å². The smallest absolute Gasteiger partial charge is 0.328 e. The molecule has 0 atom stereocenters. The van der Waals surface area contributed by atoms with Gasteiger partial charge in [0.2, 0.25) is 0 Å². The molecule has 1 heterocycles. The molecule has 1 aliphatic heterocycles. The van der Waals surface area contributed by atoms with Crippen LogP contribution in [0.5, 0.6) is 11.5 Å². The number of benzene rings is 2. The maximum absolute atomic E-state index is 9.66. The monoisotopic (exact) mass is 648 g/mol. The number of hydrogen-bond acceptors (Lipinski definition) is 8. The fraction of sp³-hybridized carbons (Fsp3) is 0.375. The number of rotatable bonds is 14. The zero-order valence-corrected chi connectivity index (χ0v) is 25.9. The van der Waals surface area contributed by atoms with E-state index in [2.05, 4.69) is 28.9 Å². The minimum absolute atomic E-state index is 0.316. The summed E-state index contributed by atoms with van der Waals surface area (Å²) in [6.07, 6.45) is 6.42. The second-order valence-corrected chi connectivity index (χ2v) is 10.3. The average Bonchev–Trinajstić information content (AvgIpc) is 2.99. The molecule has 3 rings (SSSR count). The highest BCUT2D eigenvalue weighted by Crippen LogP contribution is 2.25. The van der Waals surface area contributed by atoms with Crippen LogP contribution in [0.2, 0.25) is 5.02 Å². The zero-order valence-electron chi connectivity index (χ0n) is 25.2. The van der Waals surface area contributed by atoms with Crippen LogP contribution in [0.25, 0.3) is 0 Å². The van der Waals surface area contributed by atoms with Crippen molar-refractivity contribution in [2.45, 2.75) is 39.2 Å². The summed E-state index contributed by atoms with van der Waals surface area (Å²) in [5, 5.41) is 41.7. The van der Waals surface area contributed by atoms with Gasteiger partial charge in [0.1, 0.15) is 11.5 Å². The SMILES string of the molecule is CCCc1cc(O)ccc1OCCCCN1CCN(Cc2ccc(Cl)cc2)CC1.O=C(O)/C=C\C(=O)O.O=C(O)/C=C\C(=O)O. The Morgan fingerprint density at radius 3 is 1.78 bits per heavy atom. The number of carboxylic acid groups (broad SMARTS) is 4. The van der Waals surface area contributed by atoms with Gasteiger partial charge in [-0.15, -0.1) is 0 Å². The quantitative estimate of drug-likeness (QED) is 0.144. The third kappa shape index (κ3) is 19.5. The first kappa shape index (κ1) is 38.6. The number of ether oxygens (including phenoxy) is 1. The number of aliphatic carboxylic acids is 4. The predicted octanol–water partition coefficient (Wildman–Crippen LogP) is 4.40. The Balaban J connectivity index is 0.000000521. The average molecular weight is 649 g/mol. The molecule has 1 aliphatic rings. The van der Waals surface area contributed by atoms with E-state index in [4.69, 9.17) is 36.8 Å². The van der Waals surface area contributed by atoms with Crippen molar-refractivity contribution in [1.82, 2.24) is 9.80 Å². The number of aromatic hydroxyl groups is 1. The number of carboxylic acids is 4. The van der Waals surface area contributed by atoms with E-state index < -0.39 is 23.9 Å². The number of carbonyl (C=O) groups is 4. The summed E-state index contributed by atoms with van der Waals surface area (Å²) < 4.78 is 5.98. The van der Waals surface area contributed by atoms with Crippen LogP contribution in [-0.4, -0.2) is 98.5 Å². The van der Waals surface area contributed by atoms with Crippen LogP contribution in [0.4, 0.5) is 0 Å². The molecule has 2 aromatic carbocycles. The highest BCUT2D eigenvalue weighted by atomic mass is 35.5. The van der Waals surface area contributed by atoms with Gasteiger partial charge in [0.25, 0.3) is 0 Å². The predicted molar refractivity (Wildman–Crippen MR) is 169 cm³/mol. The van der Waals surface area contributed by atoms with Gasteiger partial charge < -0.3 is 35.2 Å². The third-order valence-corrected chi connectivity index (χ3v) is 6.46. The number of hydrogen-bond donors (Lipinski definition) is 5. The Morgan fingerprint density at radius 2 is 1.29 bits per heavy atom. The molecule has 45 heavy (non-hydrogen) atoms. The van der Waals surface area contributed by atoms with Gasteiger partial charge in [0.05, 0.1) is 6.61 Å². The number of nitrogens with zero attached hydrogens (tertiary/aromatic N) is 2. The highest BCUT2D eigenvalue weighted by molar-refractivity contribution is 6.30. The maximum Gasteiger partial charge on any atom is 0.328 e. The van der Waals surface area contributed by atoms with Gasteiger partial charge in [-0.3, -0.25) is 4.90 Å². The van der Waals surface area contributed by atoms with E-state index in [1.807, 2.05) is 24.3 Å². The molecule has 2 aromatic rings. The molecule has 246 valence electrons. The molecule has 1 fully saturated rings. The van der Waals surface area contributed by atoms with Gasteiger partial charge in [0.15, 0.2) is 0 Å². The van der Waals surface area contributed by atoms with Gasteiger partial charge in [-0.25, -0.2) is 19.2 Å². The third-order valence-electron chi connectivity index (χ3n) is 6.21. The van der Waals surface area contributed by atoms with Gasteiger partial charge in [-0.1, -0.05) is 37.1 Å². The Morgan fingerprint density at radius 1 is 0.778 bits per heavy atom. The Hall–Kier alpha value is -4.39. The molecule has 0 radical (unpaired) electrons. The van der Waals surface area contributed by atoms with E-state index in [1.165, 1.54) is 5.56 Å². The van der Waals surface area contributed by atoms with E-state index in [0.29, 0.717) is 30.1 Å². The number of halogens is 1. The summed E-state index contributed by atoms with van der Waals surface area (Å²) in [6, 6.07) is 13.6. The molecular formula is C32H41ClN2O10. The summed E-state index contributed by atoms with van der Waals surface area (Å²) in [7, 11) is 0. The second kappa shape index (κ2) is 22.2. The second-order valence-electron chi connectivity index (χ2n) is 9.86. The molecule has 1 saturated heterocycles. The van der Waals surface area contributed by atoms with Crippen LogP contribution < -0.4 is 4.74 Å². The topological polar surface area (TPSA) is 185 Å². The lowest BCUT2D eigenvalue weighted by molar-refractivity contribution is -0.134. The summed E-state index contributed by atoms with van der Waals surface area (Å²) in [6.45, 7) is 9.52. The summed E-state index contributed by atoms with van der Waals surface area (Å²) >= 11 is 5.97. The molecule has 0 aliphatic carbocycles. The van der Waals surface area contributed by atoms with Crippen LogP contribution in [0.1, 0.15) is 37.3 Å². The lowest BCUT2D eigenvalue weighted by Crippen LogP contribution is -2.46. The van der Waals surface area contributed by atoms with E-state index >= 15 is 0 Å². The zero-order chi connectivity index (χ0) is 33.6. The standard InChI is InChI=1S/C24H33ClN2O2.2C4H4O4/c1-2-5-21-18-23(28)10-11-24(21)29-17-4-3-12-26-13-15-27(16-14-26)19-20-6-8-22(25)9-7-20;2*5-3(6)1-2-4(7)8/h6-11,18,28H,2-5,12-17,19H2,1H3;2*1-2H,(H,5,6)(H,7,8)/b;2*2-1-. The summed E-state index contributed by atoms with van der Waals surface area (Å²) in [5.41, 5.74) is 2.43. The number of unbranched alkanes of at least 4 members (excludes halogenated alkanes) is 1. The number of phenolic OH excluding ortho intramolecular Hbond substituents is 1. The molecule has 0 amide bonds. The molecule has 0 saturated carbocycles. The molecule has 0 unspecified atom stereocenters. The van der Waals surface area contributed by atoms with Gasteiger partial charge in [-0.05, 0) is 67.3 Å². The fourth-order valence-corrected chi connectivity index (χ4v) is 4.22. The van der Waals surface area contributed by atoms with E-state index in [9.17, 15) is 24.3 Å². The van der Waals surface area contributed by atoms with Crippen molar-refractivity contribution in [2.75, 3.05) is 39.3 Å². The van der Waals surface area contributed by atoms with Gasteiger partial charge in [0, 0.05) is 62.1 Å². The van der Waals surface area contributed by atoms with Crippen LogP contribution in [0.15, 0.2) is 66.8 Å². The van der Waals surface area contributed by atoms with Crippen LogP contribution >= 0.6 is 11.6 Å². The van der Waals surface area contributed by atoms with E-state index in [-0.39, 0.29) is 0 Å².